The van der Waals surface area contributed by atoms with E-state index >= 15 is 0 Å². The molecular formula is C19H24N2O5S2. The van der Waals surface area contributed by atoms with Crippen molar-refractivity contribution in [1.82, 2.24) is 9.79 Å². The van der Waals surface area contributed by atoms with Crippen LogP contribution in [0, 0.1) is 0 Å². The largest absolute Gasteiger partial charge is 0.508 e. The molecule has 0 aliphatic rings. The molecule has 0 aromatic heterocycles. The SMILES string of the molecule is CSCC[C@H](C(=O)NO)N(CCc1ccccc1)S(=O)(=O)c1ccc(O)cc1. The van der Waals surface area contributed by atoms with E-state index in [0.29, 0.717) is 12.2 Å². The zero-order valence-corrected chi connectivity index (χ0v) is 17.1. The second-order valence-electron chi connectivity index (χ2n) is 6.12. The first-order valence-corrected chi connectivity index (χ1v) is 11.5. The minimum absolute atomic E-state index is 0.0294. The first-order chi connectivity index (χ1) is 13.4. The number of nitrogens with zero attached hydrogens (tertiary/aromatic N) is 1. The minimum atomic E-state index is -4.03. The summed E-state index contributed by atoms with van der Waals surface area (Å²) in [6.45, 7) is 0.0691. The van der Waals surface area contributed by atoms with E-state index in [0.717, 1.165) is 9.87 Å². The summed E-state index contributed by atoms with van der Waals surface area (Å²) < 4.78 is 27.7. The number of benzene rings is 2. The molecule has 2 aromatic rings. The summed E-state index contributed by atoms with van der Waals surface area (Å²) in [4.78, 5) is 12.3. The van der Waals surface area contributed by atoms with E-state index < -0.39 is 22.0 Å². The summed E-state index contributed by atoms with van der Waals surface area (Å²) in [5, 5.41) is 18.6. The van der Waals surface area contributed by atoms with Gasteiger partial charge < -0.3 is 5.11 Å². The molecule has 2 rings (SSSR count). The van der Waals surface area contributed by atoms with Crippen molar-refractivity contribution in [2.24, 2.45) is 0 Å². The average molecular weight is 425 g/mol. The number of carbonyl (C=O) groups is 1. The van der Waals surface area contributed by atoms with Gasteiger partial charge in [0.1, 0.15) is 11.8 Å². The molecule has 0 radical (unpaired) electrons. The quantitative estimate of drug-likeness (QED) is 0.399. The Balaban J connectivity index is 2.40. The molecule has 1 amide bonds. The van der Waals surface area contributed by atoms with Crippen molar-refractivity contribution in [2.45, 2.75) is 23.8 Å². The van der Waals surface area contributed by atoms with Crippen molar-refractivity contribution < 1.29 is 23.5 Å². The van der Waals surface area contributed by atoms with E-state index in [1.165, 1.54) is 36.0 Å². The second kappa shape index (κ2) is 10.5. The molecule has 3 N–H and O–H groups in total. The van der Waals surface area contributed by atoms with Gasteiger partial charge in [0, 0.05) is 6.54 Å². The predicted octanol–water partition coefficient (Wildman–Crippen LogP) is 2.25. The second-order valence-corrected chi connectivity index (χ2v) is 8.99. The molecule has 0 saturated heterocycles. The first kappa shape index (κ1) is 22.2. The number of carbonyl (C=O) groups excluding carboxylic acids is 1. The normalized spacial score (nSPS) is 12.7. The highest BCUT2D eigenvalue weighted by atomic mass is 32.2. The summed E-state index contributed by atoms with van der Waals surface area (Å²) >= 11 is 1.48. The van der Waals surface area contributed by atoms with E-state index in [2.05, 4.69) is 0 Å². The van der Waals surface area contributed by atoms with Gasteiger partial charge in [-0.05, 0) is 54.7 Å². The minimum Gasteiger partial charge on any atom is -0.508 e. The Morgan fingerprint density at radius 1 is 1.14 bits per heavy atom. The average Bonchev–Trinajstić information content (AvgIpc) is 2.70. The lowest BCUT2D eigenvalue weighted by molar-refractivity contribution is -0.133. The standard InChI is InChI=1S/C19H24N2O5S2/c1-27-14-12-18(19(23)20-24)21(13-11-15-5-3-2-4-6-15)28(25,26)17-9-7-16(22)8-10-17/h2-10,18,22,24H,11-14H2,1H3,(H,20,23)/t18-/m1/s1. The van der Waals surface area contributed by atoms with Crippen LogP contribution in [0.5, 0.6) is 5.75 Å². The number of phenols is 1. The molecule has 0 spiro atoms. The Hall–Kier alpha value is -2.07. The monoisotopic (exact) mass is 424 g/mol. The molecule has 9 heteroatoms. The number of hydrogen-bond donors (Lipinski definition) is 3. The number of rotatable bonds is 10. The Morgan fingerprint density at radius 2 is 1.79 bits per heavy atom. The molecule has 0 unspecified atom stereocenters. The van der Waals surface area contributed by atoms with Gasteiger partial charge in [-0.1, -0.05) is 30.3 Å². The molecule has 7 nitrogen and oxygen atoms in total. The predicted molar refractivity (Wildman–Crippen MR) is 109 cm³/mol. The van der Waals surface area contributed by atoms with Crippen molar-refractivity contribution >= 4 is 27.7 Å². The van der Waals surface area contributed by atoms with Crippen LogP contribution in [0.3, 0.4) is 0 Å². The van der Waals surface area contributed by atoms with Crippen LogP contribution < -0.4 is 5.48 Å². The molecule has 0 fully saturated rings. The van der Waals surface area contributed by atoms with Crippen LogP contribution >= 0.6 is 11.8 Å². The van der Waals surface area contributed by atoms with Crippen LogP contribution in [0.1, 0.15) is 12.0 Å². The van der Waals surface area contributed by atoms with Crippen LogP contribution in [-0.4, -0.2) is 53.5 Å². The van der Waals surface area contributed by atoms with Crippen molar-refractivity contribution in [3.8, 4) is 5.75 Å². The Morgan fingerprint density at radius 3 is 2.36 bits per heavy atom. The number of hydroxylamine groups is 1. The van der Waals surface area contributed by atoms with Gasteiger partial charge in [-0.2, -0.15) is 16.1 Å². The number of aromatic hydroxyl groups is 1. The van der Waals surface area contributed by atoms with Gasteiger partial charge >= 0.3 is 0 Å². The van der Waals surface area contributed by atoms with E-state index in [4.69, 9.17) is 5.21 Å². The van der Waals surface area contributed by atoms with Crippen molar-refractivity contribution in [3.05, 3.63) is 60.2 Å². The van der Waals surface area contributed by atoms with Crippen LogP contribution in [0.4, 0.5) is 0 Å². The number of sulfonamides is 1. The van der Waals surface area contributed by atoms with E-state index in [-0.39, 0.29) is 23.6 Å². The van der Waals surface area contributed by atoms with Crippen molar-refractivity contribution in [3.63, 3.8) is 0 Å². The maximum atomic E-state index is 13.3. The third kappa shape index (κ3) is 5.71. The van der Waals surface area contributed by atoms with E-state index in [1.807, 2.05) is 36.6 Å². The number of phenolic OH excluding ortho intramolecular Hbond substituents is 1. The zero-order chi connectivity index (χ0) is 20.6. The fraction of sp³-hybridized carbons (Fsp3) is 0.316. The van der Waals surface area contributed by atoms with Crippen LogP contribution in [0.2, 0.25) is 0 Å². The molecule has 0 saturated carbocycles. The molecule has 0 aliphatic heterocycles. The molecule has 28 heavy (non-hydrogen) atoms. The number of hydrogen-bond acceptors (Lipinski definition) is 6. The molecule has 0 aliphatic carbocycles. The number of thioether (sulfide) groups is 1. The fourth-order valence-electron chi connectivity index (χ4n) is 2.79. The Kier molecular flexibility index (Phi) is 8.31. The lowest BCUT2D eigenvalue weighted by Crippen LogP contribution is -2.50. The van der Waals surface area contributed by atoms with Crippen molar-refractivity contribution in [2.75, 3.05) is 18.6 Å². The van der Waals surface area contributed by atoms with Gasteiger partial charge in [0.2, 0.25) is 10.0 Å². The topological polar surface area (TPSA) is 107 Å². The number of nitrogens with one attached hydrogen (secondary N) is 1. The maximum Gasteiger partial charge on any atom is 0.261 e. The highest BCUT2D eigenvalue weighted by molar-refractivity contribution is 7.98. The van der Waals surface area contributed by atoms with E-state index in [9.17, 15) is 18.3 Å². The highest BCUT2D eigenvalue weighted by Crippen LogP contribution is 2.23. The molecule has 152 valence electrons. The first-order valence-electron chi connectivity index (χ1n) is 8.68. The highest BCUT2D eigenvalue weighted by Gasteiger charge is 2.35. The summed E-state index contributed by atoms with van der Waals surface area (Å²) in [6, 6.07) is 13.5. The lowest BCUT2D eigenvalue weighted by Gasteiger charge is -2.29. The summed E-state index contributed by atoms with van der Waals surface area (Å²) in [5.74, 6) is -0.281. The molecular weight excluding hydrogens is 400 g/mol. The van der Waals surface area contributed by atoms with Crippen LogP contribution in [0.25, 0.3) is 0 Å². The van der Waals surface area contributed by atoms with Crippen LogP contribution in [0.15, 0.2) is 59.5 Å². The Bertz CT molecular complexity index is 858. The zero-order valence-electron chi connectivity index (χ0n) is 15.5. The molecule has 1 atom stereocenters. The third-order valence-corrected chi connectivity index (χ3v) is 6.83. The summed E-state index contributed by atoms with van der Waals surface area (Å²) in [7, 11) is -4.03. The molecule has 2 aromatic carbocycles. The maximum absolute atomic E-state index is 13.3. The van der Waals surface area contributed by atoms with Gasteiger partial charge in [0.05, 0.1) is 4.90 Å². The van der Waals surface area contributed by atoms with Crippen molar-refractivity contribution in [1.29, 1.82) is 0 Å². The van der Waals surface area contributed by atoms with Gasteiger partial charge in [0.25, 0.3) is 5.91 Å². The van der Waals surface area contributed by atoms with E-state index in [1.54, 1.807) is 5.48 Å². The lowest BCUT2D eigenvalue weighted by atomic mass is 10.1. The summed E-state index contributed by atoms with van der Waals surface area (Å²) in [5.41, 5.74) is 2.52. The fourth-order valence-corrected chi connectivity index (χ4v) is 4.87. The molecule has 0 heterocycles. The van der Waals surface area contributed by atoms with Gasteiger partial charge in [-0.15, -0.1) is 0 Å². The van der Waals surface area contributed by atoms with Gasteiger partial charge in [0.15, 0.2) is 0 Å². The third-order valence-electron chi connectivity index (χ3n) is 4.26. The van der Waals surface area contributed by atoms with Gasteiger partial charge in [-0.25, -0.2) is 13.9 Å². The Labute approximate surface area is 169 Å². The smallest absolute Gasteiger partial charge is 0.261 e. The summed E-state index contributed by atoms with van der Waals surface area (Å²) in [6.07, 6.45) is 2.52. The number of amides is 1. The van der Waals surface area contributed by atoms with Crippen LogP contribution in [-0.2, 0) is 21.2 Å². The molecule has 0 bridgehead atoms. The van der Waals surface area contributed by atoms with Gasteiger partial charge in [-0.3, -0.25) is 10.0 Å².